The van der Waals surface area contributed by atoms with Gasteiger partial charge in [-0.3, -0.25) is 14.5 Å². The third-order valence-corrected chi connectivity index (χ3v) is 6.35. The van der Waals surface area contributed by atoms with Crippen molar-refractivity contribution in [3.05, 3.63) is 35.4 Å². The van der Waals surface area contributed by atoms with E-state index in [4.69, 9.17) is 4.74 Å². The molecule has 1 aromatic rings. The van der Waals surface area contributed by atoms with Crippen LogP contribution in [0.5, 0.6) is 0 Å². The second kappa shape index (κ2) is 11.7. The molecule has 2 heterocycles. The third-order valence-electron chi connectivity index (χ3n) is 6.35. The van der Waals surface area contributed by atoms with Crippen molar-refractivity contribution >= 4 is 17.9 Å². The van der Waals surface area contributed by atoms with Gasteiger partial charge in [0.1, 0.15) is 5.60 Å². The standard InChI is InChI=1S/C26H40N4O4/c1-20-8-10-21(11-9-20)24(32)30-14-5-7-22(19-30)23(31)27-12-6-13-28-15-17-29(18-16-28)25(33)34-26(2,3)4/h8-11,22H,5-7,12-19H2,1-4H3,(H,27,31). The fourth-order valence-corrected chi connectivity index (χ4v) is 4.39. The zero-order chi connectivity index (χ0) is 24.7. The topological polar surface area (TPSA) is 82.2 Å². The Balaban J connectivity index is 1.34. The molecule has 1 unspecified atom stereocenters. The van der Waals surface area contributed by atoms with E-state index in [9.17, 15) is 14.4 Å². The van der Waals surface area contributed by atoms with Crippen molar-refractivity contribution in [2.24, 2.45) is 5.92 Å². The highest BCUT2D eigenvalue weighted by Gasteiger charge is 2.29. The zero-order valence-electron chi connectivity index (χ0n) is 21.1. The third kappa shape index (κ3) is 7.72. The highest BCUT2D eigenvalue weighted by Crippen LogP contribution is 2.19. The molecule has 0 radical (unpaired) electrons. The summed E-state index contributed by atoms with van der Waals surface area (Å²) in [7, 11) is 0. The molecule has 0 bridgehead atoms. The summed E-state index contributed by atoms with van der Waals surface area (Å²) in [5.41, 5.74) is 1.33. The lowest BCUT2D eigenvalue weighted by Crippen LogP contribution is -2.50. The maximum Gasteiger partial charge on any atom is 0.410 e. The van der Waals surface area contributed by atoms with Gasteiger partial charge in [0.25, 0.3) is 5.91 Å². The van der Waals surface area contributed by atoms with Gasteiger partial charge in [-0.15, -0.1) is 0 Å². The molecule has 188 valence electrons. The number of ether oxygens (including phenoxy) is 1. The van der Waals surface area contributed by atoms with Gasteiger partial charge in [0.05, 0.1) is 5.92 Å². The molecule has 0 aromatic heterocycles. The molecule has 3 amide bonds. The number of carbonyl (C=O) groups excluding carboxylic acids is 3. The van der Waals surface area contributed by atoms with Crippen LogP contribution in [-0.2, 0) is 9.53 Å². The van der Waals surface area contributed by atoms with Crippen LogP contribution in [0.25, 0.3) is 0 Å². The van der Waals surface area contributed by atoms with Gasteiger partial charge in [-0.25, -0.2) is 4.79 Å². The summed E-state index contributed by atoms with van der Waals surface area (Å²) in [6.07, 6.45) is 2.27. The lowest BCUT2D eigenvalue weighted by Gasteiger charge is -2.35. The van der Waals surface area contributed by atoms with Gasteiger partial charge in [-0.1, -0.05) is 17.7 Å². The van der Waals surface area contributed by atoms with E-state index in [-0.39, 0.29) is 23.8 Å². The second-order valence-electron chi connectivity index (χ2n) is 10.4. The number of piperazine rings is 1. The monoisotopic (exact) mass is 472 g/mol. The van der Waals surface area contributed by atoms with Crippen molar-refractivity contribution < 1.29 is 19.1 Å². The Morgan fingerprint density at radius 1 is 1.00 bits per heavy atom. The molecular formula is C26H40N4O4. The van der Waals surface area contributed by atoms with E-state index < -0.39 is 5.60 Å². The maximum atomic E-state index is 12.8. The van der Waals surface area contributed by atoms with E-state index in [0.29, 0.717) is 38.3 Å². The van der Waals surface area contributed by atoms with Crippen molar-refractivity contribution in [3.63, 3.8) is 0 Å². The van der Waals surface area contributed by atoms with Crippen LogP contribution < -0.4 is 5.32 Å². The number of nitrogens with one attached hydrogen (secondary N) is 1. The maximum absolute atomic E-state index is 12.8. The number of hydrogen-bond acceptors (Lipinski definition) is 5. The highest BCUT2D eigenvalue weighted by molar-refractivity contribution is 5.94. The van der Waals surface area contributed by atoms with Gasteiger partial charge >= 0.3 is 6.09 Å². The van der Waals surface area contributed by atoms with Gasteiger partial charge < -0.3 is 19.9 Å². The molecule has 8 heteroatoms. The average molecular weight is 473 g/mol. The summed E-state index contributed by atoms with van der Waals surface area (Å²) < 4.78 is 5.44. The molecule has 0 spiro atoms. The van der Waals surface area contributed by atoms with E-state index in [2.05, 4.69) is 10.2 Å². The Labute approximate surface area is 203 Å². The SMILES string of the molecule is Cc1ccc(C(=O)N2CCCC(C(=O)NCCCN3CCN(C(=O)OC(C)(C)C)CC3)C2)cc1. The average Bonchev–Trinajstić information content (AvgIpc) is 2.81. The van der Waals surface area contributed by atoms with Crippen molar-refractivity contribution in [1.82, 2.24) is 20.0 Å². The van der Waals surface area contributed by atoms with E-state index in [1.54, 1.807) is 4.90 Å². The van der Waals surface area contributed by atoms with Crippen LogP contribution in [0.2, 0.25) is 0 Å². The molecule has 8 nitrogen and oxygen atoms in total. The van der Waals surface area contributed by atoms with Gasteiger partial charge in [0.15, 0.2) is 0 Å². The van der Waals surface area contributed by atoms with E-state index in [1.807, 2.05) is 56.9 Å². The highest BCUT2D eigenvalue weighted by atomic mass is 16.6. The summed E-state index contributed by atoms with van der Waals surface area (Å²) in [5, 5.41) is 3.06. The summed E-state index contributed by atoms with van der Waals surface area (Å²) in [6, 6.07) is 7.60. The molecule has 2 saturated heterocycles. The number of amides is 3. The first-order valence-corrected chi connectivity index (χ1v) is 12.5. The van der Waals surface area contributed by atoms with Crippen LogP contribution in [-0.4, -0.2) is 90.6 Å². The van der Waals surface area contributed by atoms with E-state index >= 15 is 0 Å². The summed E-state index contributed by atoms with van der Waals surface area (Å²) in [4.78, 5) is 43.6. The van der Waals surface area contributed by atoms with E-state index in [1.165, 1.54) is 0 Å². The normalized spacial score (nSPS) is 19.6. The first-order valence-electron chi connectivity index (χ1n) is 12.5. The quantitative estimate of drug-likeness (QED) is 0.644. The van der Waals surface area contributed by atoms with Crippen LogP contribution in [0.3, 0.4) is 0 Å². The molecule has 0 aliphatic carbocycles. The second-order valence-corrected chi connectivity index (χ2v) is 10.4. The van der Waals surface area contributed by atoms with Crippen LogP contribution >= 0.6 is 0 Å². The van der Waals surface area contributed by atoms with Crippen LogP contribution in [0, 0.1) is 12.8 Å². The number of carbonyl (C=O) groups is 3. The molecule has 3 rings (SSSR count). The summed E-state index contributed by atoms with van der Waals surface area (Å²) in [5.74, 6) is -0.111. The van der Waals surface area contributed by atoms with Gasteiger partial charge in [0.2, 0.25) is 5.91 Å². The molecule has 2 aliphatic heterocycles. The van der Waals surface area contributed by atoms with Gasteiger partial charge in [0, 0.05) is 51.4 Å². The van der Waals surface area contributed by atoms with Crippen molar-refractivity contribution in [3.8, 4) is 0 Å². The minimum Gasteiger partial charge on any atom is -0.444 e. The summed E-state index contributed by atoms with van der Waals surface area (Å²) >= 11 is 0. The molecule has 1 aromatic carbocycles. The molecule has 1 atom stereocenters. The molecule has 1 N–H and O–H groups in total. The van der Waals surface area contributed by atoms with Crippen LogP contribution in [0.4, 0.5) is 4.79 Å². The number of nitrogens with zero attached hydrogens (tertiary/aromatic N) is 3. The molecule has 34 heavy (non-hydrogen) atoms. The number of aryl methyl sites for hydroxylation is 1. The lowest BCUT2D eigenvalue weighted by molar-refractivity contribution is -0.126. The first kappa shape index (κ1) is 26.0. The predicted molar refractivity (Wildman–Crippen MR) is 132 cm³/mol. The van der Waals surface area contributed by atoms with Crippen molar-refractivity contribution in [2.75, 3.05) is 52.4 Å². The number of likely N-dealkylation sites (tertiary alicyclic amines) is 1. The van der Waals surface area contributed by atoms with Crippen molar-refractivity contribution in [2.45, 2.75) is 52.6 Å². The van der Waals surface area contributed by atoms with E-state index in [0.717, 1.165) is 44.5 Å². The zero-order valence-corrected chi connectivity index (χ0v) is 21.1. The van der Waals surface area contributed by atoms with Crippen molar-refractivity contribution in [1.29, 1.82) is 0 Å². The smallest absolute Gasteiger partial charge is 0.410 e. The number of hydrogen-bond donors (Lipinski definition) is 1. The Kier molecular flexibility index (Phi) is 8.94. The molecule has 2 fully saturated rings. The fourth-order valence-electron chi connectivity index (χ4n) is 4.39. The van der Waals surface area contributed by atoms with Crippen LogP contribution in [0.1, 0.15) is 56.0 Å². The largest absolute Gasteiger partial charge is 0.444 e. The van der Waals surface area contributed by atoms with Crippen LogP contribution in [0.15, 0.2) is 24.3 Å². The first-order chi connectivity index (χ1) is 16.1. The fraction of sp³-hybridized carbons (Fsp3) is 0.654. The van der Waals surface area contributed by atoms with Gasteiger partial charge in [-0.05, 0) is 65.6 Å². The number of piperidine rings is 1. The Hall–Kier alpha value is -2.61. The molecular weight excluding hydrogens is 432 g/mol. The molecule has 0 saturated carbocycles. The predicted octanol–water partition coefficient (Wildman–Crippen LogP) is 2.91. The lowest BCUT2D eigenvalue weighted by atomic mass is 9.96. The Morgan fingerprint density at radius 2 is 1.68 bits per heavy atom. The van der Waals surface area contributed by atoms with Gasteiger partial charge in [-0.2, -0.15) is 0 Å². The minimum absolute atomic E-state index is 0.00280. The Bertz CT molecular complexity index is 841. The minimum atomic E-state index is -0.476. The number of rotatable bonds is 6. The summed E-state index contributed by atoms with van der Waals surface area (Å²) in [6.45, 7) is 13.3. The Morgan fingerprint density at radius 3 is 2.32 bits per heavy atom. The number of benzene rings is 1. The molecule has 2 aliphatic rings.